The fourth-order valence-electron chi connectivity index (χ4n) is 2.72. The van der Waals surface area contributed by atoms with E-state index in [-0.39, 0.29) is 11.7 Å². The van der Waals surface area contributed by atoms with Crippen LogP contribution >= 0.6 is 39.7 Å². The van der Waals surface area contributed by atoms with Crippen LogP contribution in [0.25, 0.3) is 0 Å². The molecule has 0 saturated heterocycles. The maximum atomic E-state index is 12.9. The van der Waals surface area contributed by atoms with E-state index in [1.165, 1.54) is 0 Å². The first-order valence-electron chi connectivity index (χ1n) is 7.69. The van der Waals surface area contributed by atoms with Crippen LogP contribution in [-0.2, 0) is 4.79 Å². The zero-order valence-electron chi connectivity index (χ0n) is 13.6. The predicted octanol–water partition coefficient (Wildman–Crippen LogP) is 4.24. The van der Waals surface area contributed by atoms with Crippen LogP contribution in [0.3, 0.4) is 0 Å². The Morgan fingerprint density at radius 1 is 1.27 bits per heavy atom. The fraction of sp³-hybridized carbons (Fsp3) is 0.111. The van der Waals surface area contributed by atoms with Crippen molar-refractivity contribution in [3.8, 4) is 5.75 Å². The number of phenols is 1. The van der Waals surface area contributed by atoms with Crippen LogP contribution in [-0.4, -0.2) is 16.1 Å². The van der Waals surface area contributed by atoms with Gasteiger partial charge in [-0.05, 0) is 61.6 Å². The molecule has 2 aromatic rings. The number of hydrogen-bond acceptors (Lipinski definition) is 3. The van der Waals surface area contributed by atoms with E-state index >= 15 is 0 Å². The maximum Gasteiger partial charge on any atom is 0.255 e. The Hall–Kier alpha value is -2.09. The second-order valence-corrected chi connectivity index (χ2v) is 7.49. The summed E-state index contributed by atoms with van der Waals surface area (Å²) in [5, 5.41) is 20.1. The third kappa shape index (κ3) is 4.00. The van der Waals surface area contributed by atoms with Crippen molar-refractivity contribution in [2.24, 2.45) is 0 Å². The normalized spacial score (nSPS) is 16.7. The summed E-state index contributed by atoms with van der Waals surface area (Å²) in [5.41, 5.74) is 2.21. The summed E-state index contributed by atoms with van der Waals surface area (Å²) in [6.07, 6.45) is 0. The predicted molar refractivity (Wildman–Crippen MR) is 110 cm³/mol. The molecule has 5 nitrogen and oxygen atoms in total. The van der Waals surface area contributed by atoms with Gasteiger partial charge >= 0.3 is 0 Å². The molecule has 0 aromatic heterocycles. The third-order valence-corrected chi connectivity index (χ3v) is 4.88. The lowest BCUT2D eigenvalue weighted by molar-refractivity contribution is -0.113. The average molecular weight is 453 g/mol. The van der Waals surface area contributed by atoms with Crippen molar-refractivity contribution in [1.82, 2.24) is 10.6 Å². The van der Waals surface area contributed by atoms with Crippen molar-refractivity contribution >= 4 is 56.5 Å². The van der Waals surface area contributed by atoms with Gasteiger partial charge in [-0.25, -0.2) is 0 Å². The first-order chi connectivity index (χ1) is 12.3. The van der Waals surface area contributed by atoms with Crippen molar-refractivity contribution < 1.29 is 9.90 Å². The number of benzene rings is 2. The van der Waals surface area contributed by atoms with Gasteiger partial charge in [-0.3, -0.25) is 4.79 Å². The molecule has 8 heteroatoms. The number of phenolic OH excluding ortho intramolecular Hbond substituents is 1. The van der Waals surface area contributed by atoms with Gasteiger partial charge in [-0.2, -0.15) is 0 Å². The van der Waals surface area contributed by atoms with Crippen LogP contribution < -0.4 is 16.0 Å². The smallest absolute Gasteiger partial charge is 0.255 e. The zero-order chi connectivity index (χ0) is 18.8. The Morgan fingerprint density at radius 3 is 2.65 bits per heavy atom. The molecule has 1 heterocycles. The highest BCUT2D eigenvalue weighted by atomic mass is 79.9. The number of aromatic hydroxyl groups is 1. The highest BCUT2D eigenvalue weighted by Crippen LogP contribution is 2.34. The summed E-state index contributed by atoms with van der Waals surface area (Å²) in [7, 11) is 0. The Bertz CT molecular complexity index is 915. The minimum Gasteiger partial charge on any atom is -0.508 e. The SMILES string of the molecule is CC1=C(C(=O)Nc2ccc(Cl)cc2)[C@@H](c2cc(Br)ccc2O)NC(=S)N1. The summed E-state index contributed by atoms with van der Waals surface area (Å²) in [5.74, 6) is -0.239. The molecule has 134 valence electrons. The van der Waals surface area contributed by atoms with Gasteiger partial charge in [0.25, 0.3) is 5.91 Å². The molecule has 0 bridgehead atoms. The summed E-state index contributed by atoms with van der Waals surface area (Å²) in [6, 6.07) is 11.3. The Balaban J connectivity index is 1.98. The summed E-state index contributed by atoms with van der Waals surface area (Å²) in [6.45, 7) is 1.77. The molecule has 1 aliphatic heterocycles. The van der Waals surface area contributed by atoms with E-state index in [1.807, 2.05) is 0 Å². The highest BCUT2D eigenvalue weighted by Gasteiger charge is 2.31. The zero-order valence-corrected chi connectivity index (χ0v) is 16.8. The number of allylic oxidation sites excluding steroid dienone is 1. The van der Waals surface area contributed by atoms with E-state index in [0.717, 1.165) is 4.47 Å². The molecule has 26 heavy (non-hydrogen) atoms. The molecule has 1 aliphatic rings. The van der Waals surface area contributed by atoms with Gasteiger partial charge in [0.15, 0.2) is 5.11 Å². The number of halogens is 2. The fourth-order valence-corrected chi connectivity index (χ4v) is 3.49. The number of amides is 1. The van der Waals surface area contributed by atoms with Crippen molar-refractivity contribution in [3.63, 3.8) is 0 Å². The van der Waals surface area contributed by atoms with Gasteiger partial charge in [0.05, 0.1) is 11.6 Å². The maximum absolute atomic E-state index is 12.9. The Kier molecular flexibility index (Phi) is 5.50. The summed E-state index contributed by atoms with van der Waals surface area (Å²) < 4.78 is 0.784. The van der Waals surface area contributed by atoms with E-state index < -0.39 is 6.04 Å². The first kappa shape index (κ1) is 18.7. The van der Waals surface area contributed by atoms with E-state index in [9.17, 15) is 9.90 Å². The van der Waals surface area contributed by atoms with Gasteiger partial charge in [-0.15, -0.1) is 0 Å². The lowest BCUT2D eigenvalue weighted by Crippen LogP contribution is -2.45. The highest BCUT2D eigenvalue weighted by molar-refractivity contribution is 9.10. The molecule has 1 atom stereocenters. The van der Waals surface area contributed by atoms with Gasteiger partial charge in [0, 0.05) is 26.4 Å². The van der Waals surface area contributed by atoms with Gasteiger partial charge in [-0.1, -0.05) is 27.5 Å². The van der Waals surface area contributed by atoms with Crippen molar-refractivity contribution in [3.05, 3.63) is 68.8 Å². The lowest BCUT2D eigenvalue weighted by atomic mass is 9.94. The van der Waals surface area contributed by atoms with Crippen molar-refractivity contribution in [2.45, 2.75) is 13.0 Å². The van der Waals surface area contributed by atoms with E-state index in [2.05, 4.69) is 31.9 Å². The topological polar surface area (TPSA) is 73.4 Å². The molecule has 0 aliphatic carbocycles. The summed E-state index contributed by atoms with van der Waals surface area (Å²) in [4.78, 5) is 12.9. The molecule has 1 amide bonds. The Morgan fingerprint density at radius 2 is 1.96 bits per heavy atom. The van der Waals surface area contributed by atoms with Gasteiger partial charge < -0.3 is 21.1 Å². The van der Waals surface area contributed by atoms with Crippen LogP contribution in [0.2, 0.25) is 5.02 Å². The number of anilines is 1. The molecule has 2 aromatic carbocycles. The summed E-state index contributed by atoms with van der Waals surface area (Å²) >= 11 is 14.5. The molecule has 0 fully saturated rings. The number of carbonyl (C=O) groups excluding carboxylic acids is 1. The molecular formula is C18H15BrClN3O2S. The van der Waals surface area contributed by atoms with E-state index in [4.69, 9.17) is 23.8 Å². The molecule has 0 saturated carbocycles. The van der Waals surface area contributed by atoms with Crippen molar-refractivity contribution in [2.75, 3.05) is 5.32 Å². The molecule has 3 rings (SSSR count). The monoisotopic (exact) mass is 451 g/mol. The van der Waals surface area contributed by atoms with E-state index in [0.29, 0.717) is 32.7 Å². The molecular weight excluding hydrogens is 438 g/mol. The number of rotatable bonds is 3. The van der Waals surface area contributed by atoms with E-state index in [1.54, 1.807) is 49.4 Å². The average Bonchev–Trinajstić information content (AvgIpc) is 2.58. The van der Waals surface area contributed by atoms with Crippen LogP contribution in [0.5, 0.6) is 5.75 Å². The number of thiocarbonyl (C=S) groups is 1. The largest absolute Gasteiger partial charge is 0.508 e. The third-order valence-electron chi connectivity index (χ3n) is 3.92. The quantitative estimate of drug-likeness (QED) is 0.524. The number of nitrogens with one attached hydrogen (secondary N) is 3. The van der Waals surface area contributed by atoms with Crippen LogP contribution in [0.4, 0.5) is 5.69 Å². The standard InChI is InChI=1S/C18H15BrClN3O2S/c1-9-15(17(25)22-12-5-3-11(20)4-6-12)16(23-18(26)21-9)13-8-10(19)2-7-14(13)24/h2-8,16,24H,1H3,(H,22,25)(H2,21,23,26)/t16-/m1/s1. The minimum absolute atomic E-state index is 0.0694. The second kappa shape index (κ2) is 7.65. The van der Waals surface area contributed by atoms with Crippen LogP contribution in [0.15, 0.2) is 58.2 Å². The molecule has 0 unspecified atom stereocenters. The molecule has 4 N–H and O–H groups in total. The lowest BCUT2D eigenvalue weighted by Gasteiger charge is -2.30. The Labute approximate surface area is 169 Å². The van der Waals surface area contributed by atoms with Crippen LogP contribution in [0, 0.1) is 0 Å². The van der Waals surface area contributed by atoms with Gasteiger partial charge in [0.2, 0.25) is 0 Å². The molecule has 0 radical (unpaired) electrons. The van der Waals surface area contributed by atoms with Crippen molar-refractivity contribution in [1.29, 1.82) is 0 Å². The minimum atomic E-state index is -0.589. The molecule has 0 spiro atoms. The second-order valence-electron chi connectivity index (χ2n) is 5.73. The number of hydrogen-bond donors (Lipinski definition) is 4. The first-order valence-corrected chi connectivity index (χ1v) is 9.26. The number of carbonyl (C=O) groups is 1. The van der Waals surface area contributed by atoms with Crippen LogP contribution in [0.1, 0.15) is 18.5 Å². The van der Waals surface area contributed by atoms with Gasteiger partial charge in [0.1, 0.15) is 5.75 Å².